The van der Waals surface area contributed by atoms with Crippen molar-refractivity contribution in [2.45, 2.75) is 44.3 Å². The fourth-order valence-electron chi connectivity index (χ4n) is 3.75. The molecule has 1 amide bonds. The van der Waals surface area contributed by atoms with E-state index in [1.165, 1.54) is 4.90 Å². The number of rotatable bonds is 4. The quantitative estimate of drug-likeness (QED) is 0.790. The number of halogens is 3. The normalized spacial score (nSPS) is 22.5. The van der Waals surface area contributed by atoms with E-state index in [9.17, 15) is 18.0 Å². The van der Waals surface area contributed by atoms with E-state index in [2.05, 4.69) is 22.2 Å². The molecule has 3 heterocycles. The van der Waals surface area contributed by atoms with E-state index in [-0.39, 0.29) is 18.2 Å². The number of hydrogen-bond donors (Lipinski definition) is 2. The van der Waals surface area contributed by atoms with Gasteiger partial charge in [0, 0.05) is 24.4 Å². The number of anilines is 1. The van der Waals surface area contributed by atoms with Crippen molar-refractivity contribution in [3.63, 3.8) is 0 Å². The van der Waals surface area contributed by atoms with Gasteiger partial charge in [0.25, 0.3) is 0 Å². The maximum atomic E-state index is 13.5. The van der Waals surface area contributed by atoms with Gasteiger partial charge in [0.15, 0.2) is 0 Å². The van der Waals surface area contributed by atoms with Crippen molar-refractivity contribution in [2.24, 2.45) is 5.92 Å². The fraction of sp³-hybridized carbons (Fsp3) is 0.429. The molecule has 4 rings (SSSR count). The molecule has 8 heteroatoms. The summed E-state index contributed by atoms with van der Waals surface area (Å²) in [4.78, 5) is 17.6. The average molecular weight is 404 g/mol. The van der Waals surface area contributed by atoms with Crippen LogP contribution in [0.3, 0.4) is 0 Å². The van der Waals surface area contributed by atoms with Crippen LogP contribution in [-0.4, -0.2) is 34.6 Å². The van der Waals surface area contributed by atoms with Crippen molar-refractivity contribution in [1.82, 2.24) is 15.2 Å². The number of carbonyl (C=O) groups excluding carboxylic acids is 1. The van der Waals surface area contributed by atoms with Crippen LogP contribution in [0.1, 0.15) is 37.7 Å². The van der Waals surface area contributed by atoms with E-state index in [4.69, 9.17) is 0 Å². The van der Waals surface area contributed by atoms with Crippen LogP contribution in [0.5, 0.6) is 0 Å². The highest BCUT2D eigenvalue weighted by Crippen LogP contribution is 2.36. The Kier molecular flexibility index (Phi) is 5.10. The van der Waals surface area contributed by atoms with Crippen LogP contribution in [0.2, 0.25) is 0 Å². The molecule has 29 heavy (non-hydrogen) atoms. The van der Waals surface area contributed by atoms with Gasteiger partial charge in [-0.15, -0.1) is 0 Å². The van der Waals surface area contributed by atoms with Gasteiger partial charge >= 0.3 is 6.18 Å². The van der Waals surface area contributed by atoms with Gasteiger partial charge in [-0.1, -0.05) is 6.58 Å². The minimum Gasteiger partial charge on any atom is -0.346 e. The van der Waals surface area contributed by atoms with Crippen LogP contribution < -0.4 is 10.6 Å². The summed E-state index contributed by atoms with van der Waals surface area (Å²) in [6.07, 6.45) is 3.92. The van der Waals surface area contributed by atoms with E-state index in [0.717, 1.165) is 24.0 Å². The minimum atomic E-state index is -4.29. The molecule has 1 saturated heterocycles. The van der Waals surface area contributed by atoms with Crippen molar-refractivity contribution >= 4 is 17.3 Å². The Bertz CT molecular complexity index is 886. The molecule has 1 aromatic heterocycles. The molecule has 0 aromatic carbocycles. The van der Waals surface area contributed by atoms with Gasteiger partial charge in [0.05, 0.1) is 0 Å². The monoisotopic (exact) mass is 404 g/mol. The average Bonchev–Trinajstić information content (AvgIpc) is 3.52. The molecular weight excluding hydrogens is 381 g/mol. The van der Waals surface area contributed by atoms with Gasteiger partial charge in [0.1, 0.15) is 17.7 Å². The largest absolute Gasteiger partial charge is 0.408 e. The van der Waals surface area contributed by atoms with Gasteiger partial charge in [-0.05, 0) is 67.5 Å². The van der Waals surface area contributed by atoms with E-state index in [1.807, 2.05) is 0 Å². The SMILES string of the molecule is C=C1C=C(c2ccnc(NC(=O)C3CC3)c2)C=C(N2CCCCC2C(F)(F)F)N1. The van der Waals surface area contributed by atoms with Crippen LogP contribution in [0, 0.1) is 5.92 Å². The maximum Gasteiger partial charge on any atom is 0.408 e. The summed E-state index contributed by atoms with van der Waals surface area (Å²) in [6.45, 7) is 4.24. The summed E-state index contributed by atoms with van der Waals surface area (Å²) < 4.78 is 40.6. The second kappa shape index (κ2) is 7.57. The zero-order valence-corrected chi connectivity index (χ0v) is 15.9. The predicted octanol–water partition coefficient (Wildman–Crippen LogP) is 4.19. The fourth-order valence-corrected chi connectivity index (χ4v) is 3.75. The van der Waals surface area contributed by atoms with Crippen LogP contribution in [0.4, 0.5) is 19.0 Å². The number of nitrogens with zero attached hydrogens (tertiary/aromatic N) is 2. The number of alkyl halides is 3. The smallest absolute Gasteiger partial charge is 0.346 e. The number of carbonyl (C=O) groups is 1. The molecule has 0 bridgehead atoms. The highest BCUT2D eigenvalue weighted by atomic mass is 19.4. The third kappa shape index (κ3) is 4.46. The van der Waals surface area contributed by atoms with Crippen molar-refractivity contribution in [2.75, 3.05) is 11.9 Å². The van der Waals surface area contributed by atoms with Crippen LogP contribution >= 0.6 is 0 Å². The van der Waals surface area contributed by atoms with E-state index >= 15 is 0 Å². The third-order valence-electron chi connectivity index (χ3n) is 5.39. The van der Waals surface area contributed by atoms with Crippen molar-refractivity contribution in [3.8, 4) is 0 Å². The van der Waals surface area contributed by atoms with Crippen LogP contribution in [0.15, 0.2) is 48.6 Å². The molecule has 1 atom stereocenters. The standard InChI is InChI=1S/C21H23F3N4O/c1-13-10-16(15-7-8-25-18(11-15)27-20(29)14-5-6-14)12-19(26-13)28-9-3-2-4-17(28)21(22,23)24/h7-8,10-12,14,17,26H,1-6,9H2,(H,25,27,29). The number of nitrogens with one attached hydrogen (secondary N) is 2. The van der Waals surface area contributed by atoms with Gasteiger partial charge in [-0.25, -0.2) is 4.98 Å². The Morgan fingerprint density at radius 3 is 2.76 bits per heavy atom. The number of dihydropyridines is 1. The van der Waals surface area contributed by atoms with Crippen LogP contribution in [0.25, 0.3) is 5.57 Å². The van der Waals surface area contributed by atoms with Gasteiger partial charge in [-0.3, -0.25) is 4.79 Å². The van der Waals surface area contributed by atoms with Gasteiger partial charge < -0.3 is 15.5 Å². The lowest BCUT2D eigenvalue weighted by Crippen LogP contribution is -2.50. The molecule has 0 radical (unpaired) electrons. The molecule has 5 nitrogen and oxygen atoms in total. The summed E-state index contributed by atoms with van der Waals surface area (Å²) >= 11 is 0. The Morgan fingerprint density at radius 2 is 2.03 bits per heavy atom. The first-order valence-corrected chi connectivity index (χ1v) is 9.81. The minimum absolute atomic E-state index is 0.0454. The highest BCUT2D eigenvalue weighted by molar-refractivity contribution is 5.93. The second-order valence-electron chi connectivity index (χ2n) is 7.72. The number of amides is 1. The third-order valence-corrected chi connectivity index (χ3v) is 5.39. The number of aromatic nitrogens is 1. The van der Waals surface area contributed by atoms with E-state index in [0.29, 0.717) is 36.7 Å². The van der Waals surface area contributed by atoms with E-state index in [1.54, 1.807) is 30.5 Å². The maximum absolute atomic E-state index is 13.5. The number of pyridine rings is 1. The Balaban J connectivity index is 1.59. The molecule has 154 valence electrons. The summed E-state index contributed by atoms with van der Waals surface area (Å²) in [5, 5.41) is 5.79. The number of allylic oxidation sites excluding steroid dienone is 3. The molecular formula is C21H23F3N4O. The zero-order chi connectivity index (χ0) is 20.6. The second-order valence-corrected chi connectivity index (χ2v) is 7.72. The lowest BCUT2D eigenvalue weighted by atomic mass is 9.99. The Hall–Kier alpha value is -2.77. The van der Waals surface area contributed by atoms with Crippen LogP contribution in [-0.2, 0) is 4.79 Å². The molecule has 2 fully saturated rings. The Labute approximate surface area is 167 Å². The summed E-state index contributed by atoms with van der Waals surface area (Å²) in [5.74, 6) is 0.847. The molecule has 0 spiro atoms. The summed E-state index contributed by atoms with van der Waals surface area (Å²) in [6, 6.07) is 1.99. The van der Waals surface area contributed by atoms with Crippen molar-refractivity contribution in [3.05, 3.63) is 54.1 Å². The Morgan fingerprint density at radius 1 is 1.24 bits per heavy atom. The number of piperidine rings is 1. The highest BCUT2D eigenvalue weighted by Gasteiger charge is 2.45. The first-order chi connectivity index (χ1) is 13.8. The van der Waals surface area contributed by atoms with Gasteiger partial charge in [0.2, 0.25) is 5.91 Å². The lowest BCUT2D eigenvalue weighted by molar-refractivity contribution is -0.186. The lowest BCUT2D eigenvalue weighted by Gasteiger charge is -2.40. The molecule has 2 aliphatic heterocycles. The summed E-state index contributed by atoms with van der Waals surface area (Å²) in [5.41, 5.74) is 2.00. The number of hydrogen-bond acceptors (Lipinski definition) is 4. The molecule has 1 unspecified atom stereocenters. The first kappa shape index (κ1) is 19.5. The van der Waals surface area contributed by atoms with Crippen molar-refractivity contribution < 1.29 is 18.0 Å². The predicted molar refractivity (Wildman–Crippen MR) is 104 cm³/mol. The molecule has 2 N–H and O–H groups in total. The number of likely N-dealkylation sites (tertiary alicyclic amines) is 1. The van der Waals surface area contributed by atoms with E-state index < -0.39 is 12.2 Å². The molecule has 1 aliphatic carbocycles. The van der Waals surface area contributed by atoms with Crippen molar-refractivity contribution in [1.29, 1.82) is 0 Å². The zero-order valence-electron chi connectivity index (χ0n) is 15.9. The van der Waals surface area contributed by atoms with Gasteiger partial charge in [-0.2, -0.15) is 13.2 Å². The summed E-state index contributed by atoms with van der Waals surface area (Å²) in [7, 11) is 0. The molecule has 1 saturated carbocycles. The molecule has 3 aliphatic rings. The topological polar surface area (TPSA) is 57.3 Å². The first-order valence-electron chi connectivity index (χ1n) is 9.81. The molecule has 1 aromatic rings.